The van der Waals surface area contributed by atoms with Gasteiger partial charge < -0.3 is 0 Å². The Hall–Kier alpha value is -3.60. The molecule has 4 heteroatoms. The molecule has 0 fully saturated rings. The predicted molar refractivity (Wildman–Crippen MR) is 137 cm³/mol. The van der Waals surface area contributed by atoms with Crippen LogP contribution in [-0.4, -0.2) is 9.97 Å². The summed E-state index contributed by atoms with van der Waals surface area (Å²) in [5.74, 6) is 0. The molecule has 0 atom stereocenters. The molecule has 152 valence electrons. The largest absolute Gasteiger partial charge is 0.245 e. The summed E-state index contributed by atoms with van der Waals surface area (Å²) in [5.41, 5.74) is 13.0. The molecule has 0 unspecified atom stereocenters. The zero-order valence-electron chi connectivity index (χ0n) is 17.1. The summed E-state index contributed by atoms with van der Waals surface area (Å²) in [7, 11) is 0. The van der Waals surface area contributed by atoms with E-state index in [1.54, 1.807) is 22.7 Å². The zero-order chi connectivity index (χ0) is 21.3. The third-order valence-electron chi connectivity index (χ3n) is 5.77. The molecule has 0 spiro atoms. The molecule has 0 saturated heterocycles. The van der Waals surface area contributed by atoms with Gasteiger partial charge in [-0.1, -0.05) is 84.9 Å². The van der Waals surface area contributed by atoms with E-state index in [9.17, 15) is 0 Å². The van der Waals surface area contributed by atoms with Crippen molar-refractivity contribution in [3.63, 3.8) is 0 Å². The number of thiazole rings is 2. The van der Waals surface area contributed by atoms with Gasteiger partial charge in [0.15, 0.2) is 0 Å². The van der Waals surface area contributed by atoms with E-state index >= 15 is 0 Å². The lowest BCUT2D eigenvalue weighted by atomic mass is 9.91. The van der Waals surface area contributed by atoms with Crippen molar-refractivity contribution in [3.8, 4) is 44.8 Å². The van der Waals surface area contributed by atoms with E-state index in [-0.39, 0.29) is 0 Å². The number of nitrogens with zero attached hydrogens (tertiary/aromatic N) is 2. The van der Waals surface area contributed by atoms with E-state index in [1.165, 1.54) is 33.0 Å². The van der Waals surface area contributed by atoms with Gasteiger partial charge in [0.2, 0.25) is 0 Å². The van der Waals surface area contributed by atoms with Gasteiger partial charge in [-0.2, -0.15) is 0 Å². The van der Waals surface area contributed by atoms with Gasteiger partial charge in [-0.3, -0.25) is 0 Å². The Labute approximate surface area is 194 Å². The number of hydrogen-bond donors (Lipinski definition) is 0. The molecule has 2 heterocycles. The lowest BCUT2D eigenvalue weighted by Gasteiger charge is -2.13. The second-order valence-electron chi connectivity index (χ2n) is 7.61. The molecule has 2 aromatic heterocycles. The molecule has 2 nitrogen and oxygen atoms in total. The predicted octanol–water partition coefficient (Wildman–Crippen LogP) is 8.42. The van der Waals surface area contributed by atoms with E-state index in [2.05, 4.69) is 106 Å². The maximum Gasteiger partial charge on any atom is 0.0811 e. The first-order chi connectivity index (χ1) is 15.9. The summed E-state index contributed by atoms with van der Waals surface area (Å²) in [6.07, 6.45) is 0. The molecule has 32 heavy (non-hydrogen) atoms. The Balaban J connectivity index is 1.41. The molecule has 0 bridgehead atoms. The van der Waals surface area contributed by atoms with Crippen molar-refractivity contribution in [1.82, 2.24) is 9.97 Å². The molecule has 0 aliphatic heterocycles. The third-order valence-corrected chi connectivity index (χ3v) is 6.94. The lowest BCUT2D eigenvalue weighted by Crippen LogP contribution is -1.87. The highest BCUT2D eigenvalue weighted by atomic mass is 32.1. The van der Waals surface area contributed by atoms with Crippen LogP contribution in [-0.2, 0) is 0 Å². The summed E-state index contributed by atoms with van der Waals surface area (Å²) < 4.78 is 0. The molecule has 0 aliphatic rings. The van der Waals surface area contributed by atoms with Crippen molar-refractivity contribution in [2.24, 2.45) is 0 Å². The van der Waals surface area contributed by atoms with Gasteiger partial charge in [-0.25, -0.2) is 9.97 Å². The summed E-state index contributed by atoms with van der Waals surface area (Å²) in [4.78, 5) is 8.84. The third kappa shape index (κ3) is 3.44. The van der Waals surface area contributed by atoms with Gasteiger partial charge in [-0.05, 0) is 33.0 Å². The van der Waals surface area contributed by atoms with Gasteiger partial charge >= 0.3 is 0 Å². The Kier molecular flexibility index (Phi) is 4.87. The Morgan fingerprint density at radius 1 is 0.438 bits per heavy atom. The minimum Gasteiger partial charge on any atom is -0.245 e. The lowest BCUT2D eigenvalue weighted by molar-refractivity contribution is 1.41. The number of fused-ring (bicyclic) bond motifs is 1. The van der Waals surface area contributed by atoms with Crippen LogP contribution >= 0.6 is 22.7 Å². The standard InChI is InChI=1S/C28H18N2S2/c1-2-4-26-24(20-7-11-22(12-8-20)28-16-32-18-30-28)14-13-23(25(26)3-1)19-5-9-21(10-6-19)27-15-31-17-29-27/h1-18H. The summed E-state index contributed by atoms with van der Waals surface area (Å²) >= 11 is 3.24. The molecule has 0 radical (unpaired) electrons. The minimum atomic E-state index is 1.03. The van der Waals surface area contributed by atoms with E-state index in [1.807, 2.05) is 11.0 Å². The van der Waals surface area contributed by atoms with Gasteiger partial charge in [0.25, 0.3) is 0 Å². The first kappa shape index (κ1) is 19.1. The van der Waals surface area contributed by atoms with Crippen molar-refractivity contribution >= 4 is 33.4 Å². The van der Waals surface area contributed by atoms with Crippen LogP contribution in [0.25, 0.3) is 55.5 Å². The van der Waals surface area contributed by atoms with Crippen molar-refractivity contribution in [3.05, 3.63) is 107 Å². The van der Waals surface area contributed by atoms with Gasteiger partial charge in [0.05, 0.1) is 22.4 Å². The van der Waals surface area contributed by atoms with Crippen LogP contribution in [0.5, 0.6) is 0 Å². The van der Waals surface area contributed by atoms with Crippen LogP contribution in [0.2, 0.25) is 0 Å². The Morgan fingerprint density at radius 3 is 1.22 bits per heavy atom. The van der Waals surface area contributed by atoms with Crippen LogP contribution in [0.1, 0.15) is 0 Å². The van der Waals surface area contributed by atoms with Crippen LogP contribution in [0.15, 0.2) is 107 Å². The van der Waals surface area contributed by atoms with Crippen molar-refractivity contribution < 1.29 is 0 Å². The molecule has 0 N–H and O–H groups in total. The quantitative estimate of drug-likeness (QED) is 0.271. The molecule has 6 aromatic rings. The highest BCUT2D eigenvalue weighted by Gasteiger charge is 2.10. The second kappa shape index (κ2) is 8.15. The van der Waals surface area contributed by atoms with Gasteiger partial charge in [0.1, 0.15) is 0 Å². The topological polar surface area (TPSA) is 25.8 Å². The Morgan fingerprint density at radius 2 is 0.844 bits per heavy atom. The second-order valence-corrected chi connectivity index (χ2v) is 9.05. The maximum absolute atomic E-state index is 4.42. The number of rotatable bonds is 4. The molecule has 0 amide bonds. The fraction of sp³-hybridized carbons (Fsp3) is 0. The average molecular weight is 447 g/mol. The van der Waals surface area contributed by atoms with E-state index < -0.39 is 0 Å². The SMILES string of the molecule is c1ccc2c(-c3ccc(-c4cscn4)cc3)ccc(-c3ccc(-c4cscn4)cc3)c2c1. The van der Waals surface area contributed by atoms with Crippen LogP contribution < -0.4 is 0 Å². The van der Waals surface area contributed by atoms with Crippen LogP contribution in [0.3, 0.4) is 0 Å². The van der Waals surface area contributed by atoms with Gasteiger partial charge in [-0.15, -0.1) is 22.7 Å². The summed E-state index contributed by atoms with van der Waals surface area (Å²) in [5, 5.41) is 6.68. The average Bonchev–Trinajstić information content (AvgIpc) is 3.59. The molecular weight excluding hydrogens is 428 g/mol. The first-order valence-corrected chi connectivity index (χ1v) is 12.3. The van der Waals surface area contributed by atoms with E-state index in [0.29, 0.717) is 0 Å². The first-order valence-electron chi connectivity index (χ1n) is 10.4. The monoisotopic (exact) mass is 446 g/mol. The highest BCUT2D eigenvalue weighted by Crippen LogP contribution is 2.36. The number of hydrogen-bond acceptors (Lipinski definition) is 4. The smallest absolute Gasteiger partial charge is 0.0811 e. The van der Waals surface area contributed by atoms with Gasteiger partial charge in [0, 0.05) is 21.9 Å². The molecule has 6 rings (SSSR count). The minimum absolute atomic E-state index is 1.03. The summed E-state index contributed by atoms with van der Waals surface area (Å²) in [6, 6.07) is 30.5. The van der Waals surface area contributed by atoms with Crippen molar-refractivity contribution in [2.45, 2.75) is 0 Å². The zero-order valence-corrected chi connectivity index (χ0v) is 18.7. The fourth-order valence-corrected chi connectivity index (χ4v) is 5.28. The number of benzene rings is 4. The maximum atomic E-state index is 4.42. The Bertz CT molecular complexity index is 1370. The fourth-order valence-electron chi connectivity index (χ4n) is 4.15. The normalized spacial score (nSPS) is 11.1. The van der Waals surface area contributed by atoms with E-state index in [4.69, 9.17) is 0 Å². The van der Waals surface area contributed by atoms with Crippen LogP contribution in [0.4, 0.5) is 0 Å². The van der Waals surface area contributed by atoms with E-state index in [0.717, 1.165) is 22.5 Å². The molecule has 4 aromatic carbocycles. The van der Waals surface area contributed by atoms with Crippen molar-refractivity contribution in [2.75, 3.05) is 0 Å². The molecular formula is C28H18N2S2. The highest BCUT2D eigenvalue weighted by molar-refractivity contribution is 7.08. The van der Waals surface area contributed by atoms with Crippen molar-refractivity contribution in [1.29, 1.82) is 0 Å². The van der Waals surface area contributed by atoms with Crippen LogP contribution in [0, 0.1) is 0 Å². The molecule has 0 aliphatic carbocycles. The summed E-state index contributed by atoms with van der Waals surface area (Å²) in [6.45, 7) is 0. The molecule has 0 saturated carbocycles. The number of aromatic nitrogens is 2.